The second-order valence-corrected chi connectivity index (χ2v) is 15.6. The molecule has 0 aliphatic heterocycles. The minimum Gasteiger partial charge on any atom is -0.368 e. The van der Waals surface area contributed by atoms with Gasteiger partial charge in [0, 0.05) is 11.2 Å². The third-order valence-corrected chi connectivity index (χ3v) is 10.9. The van der Waals surface area contributed by atoms with E-state index in [-0.39, 0.29) is 21.8 Å². The molecule has 0 aromatic heterocycles. The lowest BCUT2D eigenvalue weighted by Gasteiger charge is -2.07. The Morgan fingerprint density at radius 1 is 0.468 bits per heavy atom. The summed E-state index contributed by atoms with van der Waals surface area (Å²) < 4.78 is 21.5. The summed E-state index contributed by atoms with van der Waals surface area (Å²) in [7, 11) is -3.85. The minimum atomic E-state index is -3.82. The molecule has 0 heterocycles. The molecular weight excluding hydrogens is 669 g/mol. The number of hydrogen-bond acceptors (Lipinski definition) is 6. The van der Waals surface area contributed by atoms with Crippen molar-refractivity contribution in [1.82, 2.24) is 0 Å². The molecule has 6 rings (SSSR count). The van der Waals surface area contributed by atoms with E-state index in [1.54, 1.807) is 0 Å². The van der Waals surface area contributed by atoms with E-state index in [0.29, 0.717) is 0 Å². The Balaban J connectivity index is 0.000000171. The van der Waals surface area contributed by atoms with Crippen molar-refractivity contribution in [3.63, 3.8) is 0 Å². The van der Waals surface area contributed by atoms with E-state index in [1.165, 1.54) is 29.4 Å². The van der Waals surface area contributed by atoms with E-state index in [0.717, 1.165) is 0 Å². The van der Waals surface area contributed by atoms with E-state index in [4.69, 9.17) is 9.66 Å². The number of benzene rings is 6. The van der Waals surface area contributed by atoms with Crippen LogP contribution in [-0.2, 0) is 56.3 Å². The van der Waals surface area contributed by atoms with Crippen molar-refractivity contribution < 1.29 is 28.1 Å². The van der Waals surface area contributed by atoms with Crippen LogP contribution in [0.25, 0.3) is 0 Å². The molecule has 0 amide bonds. The topological polar surface area (TPSA) is 85.2 Å². The van der Waals surface area contributed by atoms with Crippen LogP contribution in [0.15, 0.2) is 211 Å². The summed E-state index contributed by atoms with van der Waals surface area (Å²) in [4.78, 5) is 11.8. The number of aliphatic hydroxyl groups excluding tert-OH is 1. The van der Waals surface area contributed by atoms with E-state index in [1.807, 2.05) is 0 Å². The van der Waals surface area contributed by atoms with Crippen LogP contribution < -0.4 is 0 Å². The first-order valence-corrected chi connectivity index (χ1v) is 19.1. The zero-order valence-corrected chi connectivity index (χ0v) is 28.5. The summed E-state index contributed by atoms with van der Waals surface area (Å²) in [6.45, 7) is -0.787. The molecule has 0 saturated carbocycles. The van der Waals surface area contributed by atoms with Gasteiger partial charge in [-0.3, -0.25) is 4.55 Å². The van der Waals surface area contributed by atoms with Crippen LogP contribution in [0.3, 0.4) is 0 Å². The van der Waals surface area contributed by atoms with Crippen molar-refractivity contribution >= 4 is 42.0 Å². The van der Waals surface area contributed by atoms with Gasteiger partial charge in [-0.15, -0.1) is 0 Å². The molecule has 6 nitrogen and oxygen atoms in total. The third kappa shape index (κ3) is 12.4. The first-order valence-electron chi connectivity index (χ1n) is 14.3. The summed E-state index contributed by atoms with van der Waals surface area (Å²) in [6.07, 6.45) is 0. The highest BCUT2D eigenvalue weighted by Gasteiger charge is 2.28. The molecule has 240 valence electrons. The van der Waals surface area contributed by atoms with Crippen molar-refractivity contribution in [1.29, 1.82) is 0 Å². The fourth-order valence-corrected chi connectivity index (χ4v) is 8.62. The Hall–Kier alpha value is -3.81. The van der Waals surface area contributed by atoms with Gasteiger partial charge < -0.3 is 5.11 Å². The second kappa shape index (κ2) is 19.8. The van der Waals surface area contributed by atoms with Gasteiger partial charge in [0.2, 0.25) is 0 Å². The molecule has 0 bridgehead atoms. The fraction of sp³-hybridized carbons (Fsp3) is 0.0270. The number of hydrogen-bond donors (Lipinski definition) is 2. The minimum absolute atomic E-state index is 0.0146. The van der Waals surface area contributed by atoms with Crippen molar-refractivity contribution in [2.24, 2.45) is 0 Å². The van der Waals surface area contributed by atoms with E-state index < -0.39 is 15.8 Å². The van der Waals surface area contributed by atoms with Gasteiger partial charge in [-0.25, -0.2) is 0 Å². The van der Waals surface area contributed by atoms with Gasteiger partial charge in [-0.2, -0.15) is 9.10 Å². The molecule has 1 atom stereocenters. The predicted octanol–water partition coefficient (Wildman–Crippen LogP) is 8.51. The molecule has 47 heavy (non-hydrogen) atoms. The molecule has 2 N–H and O–H groups in total. The first-order chi connectivity index (χ1) is 23.0. The van der Waals surface area contributed by atoms with Gasteiger partial charge >= 0.3 is 0 Å². The molecule has 0 fully saturated rings. The molecule has 1 unspecified atom stereocenters. The van der Waals surface area contributed by atoms with Gasteiger partial charge in [0.25, 0.3) is 9.05 Å². The highest BCUT2D eigenvalue weighted by atomic mass is 32.9. The molecule has 0 aliphatic carbocycles. The maximum absolute atomic E-state index is 9.92. The van der Waals surface area contributed by atoms with Crippen molar-refractivity contribution in [3.05, 3.63) is 182 Å². The van der Waals surface area contributed by atoms with Crippen molar-refractivity contribution in [2.75, 3.05) is 6.79 Å². The van der Waals surface area contributed by atoms with Crippen LogP contribution in [0.1, 0.15) is 0 Å². The van der Waals surface area contributed by atoms with Crippen LogP contribution in [0.5, 0.6) is 0 Å². The zero-order chi connectivity index (χ0) is 33.2. The Morgan fingerprint density at radius 3 is 0.851 bits per heavy atom. The monoisotopic (exact) mass is 702 g/mol. The second-order valence-electron chi connectivity index (χ2n) is 9.30. The normalized spacial score (nSPS) is 11.8. The van der Waals surface area contributed by atoms with Gasteiger partial charge in [0.1, 0.15) is 0 Å². The average Bonchev–Trinajstić information content (AvgIpc) is 3.12. The molecule has 0 aliphatic rings. The quantitative estimate of drug-likeness (QED) is 0.0487. The van der Waals surface area contributed by atoms with Crippen molar-refractivity contribution in [2.45, 2.75) is 29.4 Å². The van der Waals surface area contributed by atoms with Crippen LogP contribution in [0.2, 0.25) is 0 Å². The molecule has 0 radical (unpaired) electrons. The van der Waals surface area contributed by atoms with E-state index in [9.17, 15) is 4.21 Å². The summed E-state index contributed by atoms with van der Waals surface area (Å²) in [5, 5.41) is 11.3. The van der Waals surface area contributed by atoms with Crippen molar-refractivity contribution in [3.8, 4) is 0 Å². The summed E-state index contributed by atoms with van der Waals surface area (Å²) in [6, 6.07) is 64.3. The highest BCUT2D eigenvalue weighted by molar-refractivity contribution is 8.26. The van der Waals surface area contributed by atoms with Crippen LogP contribution in [0, 0.1) is 0 Å². The molecule has 6 aromatic rings. The van der Waals surface area contributed by atoms with Gasteiger partial charge in [-0.05, 0) is 77.8 Å². The Morgan fingerprint density at radius 2 is 0.681 bits per heavy atom. The van der Waals surface area contributed by atoms with E-state index >= 15 is 0 Å². The molecule has 0 spiro atoms. The maximum Gasteiger partial charge on any atom is 0.296 e. The third-order valence-electron chi connectivity index (χ3n) is 6.09. The summed E-state index contributed by atoms with van der Waals surface area (Å²) >= 11 is 3.77. The SMILES string of the molecule is O=S(O)(=S)OOOCO.c1ccc([S+](c2ccccc2)c2ccccc2)cc1.c1ccc([S+](c2ccccc2)c2ccccc2)cc1. The van der Waals surface area contributed by atoms with Crippen LogP contribution in [-0.4, -0.2) is 20.7 Å². The van der Waals surface area contributed by atoms with Gasteiger partial charge in [0.15, 0.2) is 36.2 Å². The standard InChI is InChI=1S/2C18H15S.CH4O6S2/c2*1-4-10-16(11-5-1)19(17-12-6-2-7-13-17)18-14-8-3-9-15-18;2-1-5-6-7-9(3,4)8/h2*1-15H;2H,1H2,(H,3,4,8)/q2*+1;. The number of rotatable bonds is 10. The van der Waals surface area contributed by atoms with Crippen LogP contribution >= 0.6 is 0 Å². The lowest BCUT2D eigenvalue weighted by Crippen LogP contribution is -2.04. The van der Waals surface area contributed by atoms with Gasteiger partial charge in [0.05, 0.1) is 21.8 Å². The average molecular weight is 703 g/mol. The zero-order valence-electron chi connectivity index (χ0n) is 25.2. The molecule has 10 heteroatoms. The molecule has 6 aromatic carbocycles. The fourth-order valence-electron chi connectivity index (χ4n) is 4.23. The summed E-state index contributed by atoms with van der Waals surface area (Å²) in [5.74, 6) is 0. The predicted molar refractivity (Wildman–Crippen MR) is 191 cm³/mol. The lowest BCUT2D eigenvalue weighted by molar-refractivity contribution is -0.481. The van der Waals surface area contributed by atoms with Crippen LogP contribution in [0.4, 0.5) is 0 Å². The Kier molecular flexibility index (Phi) is 15.1. The first kappa shape index (κ1) is 36.0. The van der Waals surface area contributed by atoms with Gasteiger partial charge in [-0.1, -0.05) is 114 Å². The largest absolute Gasteiger partial charge is 0.368 e. The lowest BCUT2D eigenvalue weighted by atomic mass is 10.4. The summed E-state index contributed by atoms with van der Waals surface area (Å²) in [5.41, 5.74) is 0. The number of aliphatic hydroxyl groups is 1. The smallest absolute Gasteiger partial charge is 0.296 e. The maximum atomic E-state index is 9.92. The highest BCUT2D eigenvalue weighted by Crippen LogP contribution is 2.31. The van der Waals surface area contributed by atoms with E-state index in [2.05, 4.69) is 207 Å². The molecular formula is C37H34O6S4+2. The Labute approximate surface area is 286 Å². The Bertz CT molecular complexity index is 1490. The molecule has 0 saturated heterocycles.